The summed E-state index contributed by atoms with van der Waals surface area (Å²) in [5.74, 6) is -2.87. The minimum atomic E-state index is -1.07. The van der Waals surface area contributed by atoms with E-state index in [1.807, 2.05) is 12.2 Å². The van der Waals surface area contributed by atoms with Crippen molar-refractivity contribution in [1.82, 2.24) is 4.90 Å². The molecule has 0 bridgehead atoms. The SMILES string of the molecule is C[C@H](OC(=O)CCN1C(=O)[C@H]2CC=CC[C@@H]2C1=O)C(=O)Nc1ccc(F)cc1. The number of nitrogens with one attached hydrogen (secondary N) is 1. The predicted molar refractivity (Wildman–Crippen MR) is 97.3 cm³/mol. The van der Waals surface area contributed by atoms with Crippen molar-refractivity contribution in [2.24, 2.45) is 11.8 Å². The number of esters is 1. The molecule has 3 rings (SSSR count). The fraction of sp³-hybridized carbons (Fsp3) is 0.400. The number of amides is 3. The maximum Gasteiger partial charge on any atom is 0.308 e. The maximum atomic E-state index is 12.9. The summed E-state index contributed by atoms with van der Waals surface area (Å²) in [6, 6.07) is 5.17. The Morgan fingerprint density at radius 2 is 1.71 bits per heavy atom. The molecule has 1 aromatic rings. The number of anilines is 1. The first kappa shape index (κ1) is 19.7. The van der Waals surface area contributed by atoms with Gasteiger partial charge in [-0.05, 0) is 44.0 Å². The normalized spacial score (nSPS) is 22.0. The topological polar surface area (TPSA) is 92.8 Å². The molecule has 0 unspecified atom stereocenters. The zero-order chi connectivity index (χ0) is 20.3. The number of allylic oxidation sites excluding steroid dienone is 2. The molecule has 1 aromatic carbocycles. The summed E-state index contributed by atoms with van der Waals surface area (Å²) in [6.07, 6.45) is 3.61. The summed E-state index contributed by atoms with van der Waals surface area (Å²) in [4.78, 5) is 49.9. The van der Waals surface area contributed by atoms with Crippen LogP contribution in [0.5, 0.6) is 0 Å². The number of ether oxygens (including phenoxy) is 1. The van der Waals surface area contributed by atoms with E-state index in [0.29, 0.717) is 18.5 Å². The number of likely N-dealkylation sites (tertiary alicyclic amines) is 1. The van der Waals surface area contributed by atoms with Crippen molar-refractivity contribution in [3.63, 3.8) is 0 Å². The summed E-state index contributed by atoms with van der Waals surface area (Å²) in [7, 11) is 0. The highest BCUT2D eigenvalue weighted by Gasteiger charge is 2.47. The molecule has 0 aromatic heterocycles. The molecule has 0 spiro atoms. The zero-order valence-corrected chi connectivity index (χ0v) is 15.4. The van der Waals surface area contributed by atoms with Crippen LogP contribution in [0.25, 0.3) is 0 Å². The summed E-state index contributed by atoms with van der Waals surface area (Å²) >= 11 is 0. The van der Waals surface area contributed by atoms with E-state index in [4.69, 9.17) is 4.74 Å². The Hall–Kier alpha value is -3.03. The standard InChI is InChI=1S/C20H21FN2O5/c1-12(18(25)22-14-8-6-13(21)7-9-14)28-17(24)10-11-23-19(26)15-4-2-3-5-16(15)20(23)27/h2-3,6-9,12,15-16H,4-5,10-11H2,1H3,(H,22,25)/t12-,15-,16-/m0/s1. The molecule has 1 aliphatic carbocycles. The minimum Gasteiger partial charge on any atom is -0.452 e. The van der Waals surface area contributed by atoms with Crippen LogP contribution in [0.3, 0.4) is 0 Å². The van der Waals surface area contributed by atoms with E-state index in [2.05, 4.69) is 5.32 Å². The molecule has 1 aliphatic heterocycles. The summed E-state index contributed by atoms with van der Waals surface area (Å²) in [6.45, 7) is 1.35. The van der Waals surface area contributed by atoms with E-state index in [-0.39, 0.29) is 36.6 Å². The fourth-order valence-electron chi connectivity index (χ4n) is 3.38. The number of fused-ring (bicyclic) bond motifs is 1. The van der Waals surface area contributed by atoms with Gasteiger partial charge in [-0.2, -0.15) is 0 Å². The number of carbonyl (C=O) groups excluding carboxylic acids is 4. The van der Waals surface area contributed by atoms with Gasteiger partial charge < -0.3 is 10.1 Å². The lowest BCUT2D eigenvalue weighted by Gasteiger charge is -2.16. The van der Waals surface area contributed by atoms with Gasteiger partial charge in [-0.15, -0.1) is 0 Å². The molecular formula is C20H21FN2O5. The summed E-state index contributed by atoms with van der Waals surface area (Å²) in [5, 5.41) is 2.51. The maximum absolute atomic E-state index is 12.9. The molecular weight excluding hydrogens is 367 g/mol. The van der Waals surface area contributed by atoms with Gasteiger partial charge >= 0.3 is 5.97 Å². The molecule has 8 heteroatoms. The number of rotatable bonds is 6. The van der Waals surface area contributed by atoms with Crippen molar-refractivity contribution in [1.29, 1.82) is 0 Å². The molecule has 28 heavy (non-hydrogen) atoms. The van der Waals surface area contributed by atoms with E-state index in [1.165, 1.54) is 31.2 Å². The van der Waals surface area contributed by atoms with Crippen molar-refractivity contribution < 1.29 is 28.3 Å². The Bertz CT molecular complexity index is 794. The third kappa shape index (κ3) is 4.27. The molecule has 148 valence electrons. The molecule has 1 heterocycles. The van der Waals surface area contributed by atoms with Gasteiger partial charge in [-0.1, -0.05) is 12.2 Å². The second-order valence-corrected chi connectivity index (χ2v) is 6.86. The molecule has 1 N–H and O–H groups in total. The Morgan fingerprint density at radius 3 is 2.29 bits per heavy atom. The Balaban J connectivity index is 1.47. The molecule has 1 saturated heterocycles. The van der Waals surface area contributed by atoms with Crippen LogP contribution in [0.1, 0.15) is 26.2 Å². The summed E-state index contributed by atoms with van der Waals surface area (Å²) in [5.41, 5.74) is 0.374. The summed E-state index contributed by atoms with van der Waals surface area (Å²) < 4.78 is 18.0. The first-order chi connectivity index (χ1) is 13.4. The molecule has 2 aliphatic rings. The Kier molecular flexibility index (Phi) is 5.87. The Morgan fingerprint density at radius 1 is 1.14 bits per heavy atom. The van der Waals surface area contributed by atoms with Crippen molar-refractivity contribution in [2.45, 2.75) is 32.3 Å². The average Bonchev–Trinajstić information content (AvgIpc) is 2.92. The Labute approximate surface area is 161 Å². The highest BCUT2D eigenvalue weighted by Crippen LogP contribution is 2.35. The molecule has 7 nitrogen and oxygen atoms in total. The van der Waals surface area contributed by atoms with Gasteiger partial charge in [0.2, 0.25) is 11.8 Å². The van der Waals surface area contributed by atoms with Gasteiger partial charge in [0.15, 0.2) is 6.10 Å². The van der Waals surface area contributed by atoms with Gasteiger partial charge in [-0.3, -0.25) is 24.1 Å². The number of halogens is 1. The lowest BCUT2D eigenvalue weighted by molar-refractivity contribution is -0.154. The second-order valence-electron chi connectivity index (χ2n) is 6.86. The minimum absolute atomic E-state index is 0.0597. The number of hydrogen-bond donors (Lipinski definition) is 1. The van der Waals surface area contributed by atoms with Crippen molar-refractivity contribution in [3.05, 3.63) is 42.2 Å². The van der Waals surface area contributed by atoms with Crippen LogP contribution in [0.2, 0.25) is 0 Å². The number of hydrogen-bond acceptors (Lipinski definition) is 5. The number of benzene rings is 1. The van der Waals surface area contributed by atoms with Gasteiger partial charge in [0, 0.05) is 12.2 Å². The average molecular weight is 388 g/mol. The van der Waals surface area contributed by atoms with Crippen molar-refractivity contribution in [3.8, 4) is 0 Å². The van der Waals surface area contributed by atoms with E-state index in [1.54, 1.807) is 0 Å². The van der Waals surface area contributed by atoms with Crippen LogP contribution in [0.15, 0.2) is 36.4 Å². The van der Waals surface area contributed by atoms with Gasteiger partial charge in [0.1, 0.15) is 5.82 Å². The fourth-order valence-corrected chi connectivity index (χ4v) is 3.38. The quantitative estimate of drug-likeness (QED) is 0.457. The molecule has 3 atom stereocenters. The smallest absolute Gasteiger partial charge is 0.308 e. The highest BCUT2D eigenvalue weighted by molar-refractivity contribution is 6.05. The molecule has 0 radical (unpaired) electrons. The molecule has 3 amide bonds. The largest absolute Gasteiger partial charge is 0.452 e. The van der Waals surface area contributed by atoms with Crippen LogP contribution < -0.4 is 5.32 Å². The first-order valence-corrected chi connectivity index (χ1v) is 9.13. The first-order valence-electron chi connectivity index (χ1n) is 9.13. The van der Waals surface area contributed by atoms with Crippen LogP contribution in [-0.4, -0.2) is 41.2 Å². The molecule has 0 saturated carbocycles. The van der Waals surface area contributed by atoms with E-state index < -0.39 is 23.8 Å². The lowest BCUT2D eigenvalue weighted by Crippen LogP contribution is -2.35. The van der Waals surface area contributed by atoms with E-state index in [9.17, 15) is 23.6 Å². The third-order valence-corrected chi connectivity index (χ3v) is 4.93. The number of carbonyl (C=O) groups is 4. The number of nitrogens with zero attached hydrogens (tertiary/aromatic N) is 1. The van der Waals surface area contributed by atoms with E-state index in [0.717, 1.165) is 4.90 Å². The van der Waals surface area contributed by atoms with Crippen LogP contribution >= 0.6 is 0 Å². The lowest BCUT2D eigenvalue weighted by atomic mass is 9.85. The van der Waals surface area contributed by atoms with Gasteiger partial charge in [0.05, 0.1) is 18.3 Å². The van der Waals surface area contributed by atoms with E-state index >= 15 is 0 Å². The van der Waals surface area contributed by atoms with Crippen LogP contribution in [0, 0.1) is 17.7 Å². The van der Waals surface area contributed by atoms with Crippen LogP contribution in [0.4, 0.5) is 10.1 Å². The van der Waals surface area contributed by atoms with Crippen LogP contribution in [-0.2, 0) is 23.9 Å². The monoisotopic (exact) mass is 388 g/mol. The zero-order valence-electron chi connectivity index (χ0n) is 15.4. The second kappa shape index (κ2) is 8.33. The number of imide groups is 1. The highest BCUT2D eigenvalue weighted by atomic mass is 19.1. The predicted octanol–water partition coefficient (Wildman–Crippen LogP) is 2.04. The van der Waals surface area contributed by atoms with Crippen molar-refractivity contribution in [2.75, 3.05) is 11.9 Å². The van der Waals surface area contributed by atoms with Crippen molar-refractivity contribution >= 4 is 29.4 Å². The van der Waals surface area contributed by atoms with Gasteiger partial charge in [-0.25, -0.2) is 4.39 Å². The third-order valence-electron chi connectivity index (χ3n) is 4.93. The van der Waals surface area contributed by atoms with Gasteiger partial charge in [0.25, 0.3) is 5.91 Å². The molecule has 1 fully saturated rings.